The van der Waals surface area contributed by atoms with Gasteiger partial charge < -0.3 is 9.55 Å². The maximum absolute atomic E-state index is 15.1. The van der Waals surface area contributed by atoms with Crippen LogP contribution in [0.4, 0.5) is 55.3 Å². The van der Waals surface area contributed by atoms with Crippen LogP contribution in [-0.4, -0.2) is 6.85 Å². The van der Waals surface area contributed by atoms with E-state index in [1.807, 2.05) is 0 Å². The van der Waals surface area contributed by atoms with Crippen molar-refractivity contribution in [3.8, 4) is 11.5 Å². The Morgan fingerprint density at radius 3 is 1.08 bits per heavy atom. The second-order valence-corrected chi connectivity index (χ2v) is 7.78. The van der Waals surface area contributed by atoms with E-state index in [2.05, 4.69) is 0 Å². The van der Waals surface area contributed by atoms with Crippen molar-refractivity contribution < 1.29 is 48.6 Å². The third-order valence-corrected chi connectivity index (χ3v) is 5.76. The highest BCUT2D eigenvalue weighted by molar-refractivity contribution is 6.89. The zero-order chi connectivity index (χ0) is 26.8. The van der Waals surface area contributed by atoms with Gasteiger partial charge in [-0.1, -0.05) is 24.3 Å². The molecule has 13 heteroatoms. The molecule has 1 heterocycles. The fourth-order valence-corrected chi connectivity index (χ4v) is 4.14. The van der Waals surface area contributed by atoms with E-state index < -0.39 is 75.9 Å². The first-order valence-electron chi connectivity index (χ1n) is 10.2. The Labute approximate surface area is 201 Å². The lowest BCUT2D eigenvalue weighted by Crippen LogP contribution is -2.60. The third-order valence-electron chi connectivity index (χ3n) is 5.76. The zero-order valence-corrected chi connectivity index (χ0v) is 17.8. The van der Waals surface area contributed by atoms with Crippen LogP contribution in [0.5, 0.6) is 11.5 Å². The number of anilines is 2. The fraction of sp³-hybridized carbons (Fsp3) is 0. The van der Waals surface area contributed by atoms with Crippen LogP contribution in [0.15, 0.2) is 48.5 Å². The molecule has 0 unspecified atom stereocenters. The van der Waals surface area contributed by atoms with Crippen molar-refractivity contribution in [2.75, 3.05) is 4.81 Å². The number of rotatable bonds is 3. The number of para-hydroxylation sites is 4. The molecule has 0 spiro atoms. The van der Waals surface area contributed by atoms with E-state index in [4.69, 9.17) is 4.74 Å². The number of benzene rings is 4. The van der Waals surface area contributed by atoms with Gasteiger partial charge in [-0.05, 0) is 24.3 Å². The molecule has 1 aliphatic rings. The fourth-order valence-electron chi connectivity index (χ4n) is 4.14. The second-order valence-electron chi connectivity index (χ2n) is 7.78. The first-order valence-corrected chi connectivity index (χ1v) is 10.2. The number of nitrogens with zero attached hydrogens (tertiary/aromatic N) is 1. The highest BCUT2D eigenvalue weighted by Gasteiger charge is 2.46. The highest BCUT2D eigenvalue weighted by atomic mass is 19.2. The van der Waals surface area contributed by atoms with Gasteiger partial charge in [-0.25, -0.2) is 43.9 Å². The Kier molecular flexibility index (Phi) is 5.80. The molecular weight excluding hydrogens is 519 g/mol. The maximum atomic E-state index is 15.1. The van der Waals surface area contributed by atoms with Gasteiger partial charge in [0.05, 0.1) is 11.4 Å². The highest BCUT2D eigenvalue weighted by Crippen LogP contribution is 2.47. The molecular formula is C24H8BF10NO. The molecule has 0 radical (unpaired) electrons. The van der Waals surface area contributed by atoms with Crippen molar-refractivity contribution in [3.05, 3.63) is 107 Å². The number of hydrogen-bond donors (Lipinski definition) is 0. The molecule has 0 N–H and O–H groups in total. The summed E-state index contributed by atoms with van der Waals surface area (Å²) in [4.78, 5) is 0.671. The van der Waals surface area contributed by atoms with Crippen LogP contribution in [0.2, 0.25) is 0 Å². The average Bonchev–Trinajstić information content (AvgIpc) is 2.91. The second kappa shape index (κ2) is 8.75. The summed E-state index contributed by atoms with van der Waals surface area (Å²) < 4.78 is 151. The van der Waals surface area contributed by atoms with Crippen LogP contribution in [0.25, 0.3) is 0 Å². The maximum Gasteiger partial charge on any atom is 0.340 e. The van der Waals surface area contributed by atoms with Gasteiger partial charge in [0.2, 0.25) is 0 Å². The predicted molar refractivity (Wildman–Crippen MR) is 113 cm³/mol. The van der Waals surface area contributed by atoms with Gasteiger partial charge in [-0.3, -0.25) is 0 Å². The molecule has 2 nitrogen and oxygen atoms in total. The van der Waals surface area contributed by atoms with Crippen molar-refractivity contribution in [2.24, 2.45) is 0 Å². The molecule has 0 saturated carbocycles. The molecule has 4 aromatic rings. The molecule has 4 aromatic carbocycles. The summed E-state index contributed by atoms with van der Waals surface area (Å²) in [7, 11) is 0. The minimum absolute atomic E-state index is 0.112. The summed E-state index contributed by atoms with van der Waals surface area (Å²) in [6, 6.07) is 10.5. The van der Waals surface area contributed by atoms with E-state index in [9.17, 15) is 26.3 Å². The van der Waals surface area contributed by atoms with E-state index >= 15 is 17.6 Å². The van der Waals surface area contributed by atoms with Gasteiger partial charge >= 0.3 is 6.85 Å². The van der Waals surface area contributed by atoms with Crippen LogP contribution >= 0.6 is 0 Å². The van der Waals surface area contributed by atoms with Gasteiger partial charge in [-0.2, -0.15) is 0 Å². The molecule has 0 fully saturated rings. The number of fused-ring (bicyclic) bond motifs is 2. The lowest BCUT2D eigenvalue weighted by molar-refractivity contribution is 0.382. The Hall–Kier alpha value is -4.16. The Balaban J connectivity index is 1.98. The SMILES string of the molecule is Fc1c(F)c(F)c(B(c2c(F)c(F)c(F)c(F)c2F)N2c3ccccc3Oc3ccccc32)c(F)c1F. The predicted octanol–water partition coefficient (Wildman–Crippen LogP) is 6.13. The van der Waals surface area contributed by atoms with Gasteiger partial charge in [0.1, 0.15) is 11.5 Å². The lowest BCUT2D eigenvalue weighted by Gasteiger charge is -2.38. The Morgan fingerprint density at radius 1 is 0.432 bits per heavy atom. The Bertz CT molecular complexity index is 1420. The number of ether oxygens (including phenoxy) is 1. The molecule has 0 bridgehead atoms. The standard InChI is InChI=1S/C24H8BF10NO/c26-15-13(16(27)20(31)23(34)19(15)30)25(14-17(28)21(32)24(35)22(33)18(14)29)36-9-5-1-3-7-11(9)37-12-8-4-2-6-10(12)36/h1-8H. The van der Waals surface area contributed by atoms with E-state index in [-0.39, 0.29) is 22.9 Å². The monoisotopic (exact) mass is 527 g/mol. The van der Waals surface area contributed by atoms with Crippen LogP contribution in [0.3, 0.4) is 0 Å². The summed E-state index contributed by atoms with van der Waals surface area (Å²) in [5.41, 5.74) is -4.18. The number of hydrogen-bond acceptors (Lipinski definition) is 2. The molecule has 0 aromatic heterocycles. The first kappa shape index (κ1) is 24.5. The summed E-state index contributed by atoms with van der Waals surface area (Å²) in [5.74, 6) is -25.5. The summed E-state index contributed by atoms with van der Waals surface area (Å²) >= 11 is 0. The molecule has 0 saturated heterocycles. The summed E-state index contributed by atoms with van der Waals surface area (Å²) in [6.45, 7) is -2.79. The van der Waals surface area contributed by atoms with Gasteiger partial charge in [-0.15, -0.1) is 0 Å². The van der Waals surface area contributed by atoms with Crippen molar-refractivity contribution >= 4 is 29.1 Å². The van der Waals surface area contributed by atoms with Crippen LogP contribution in [0, 0.1) is 58.2 Å². The average molecular weight is 527 g/mol. The molecule has 0 atom stereocenters. The van der Waals surface area contributed by atoms with Crippen molar-refractivity contribution in [2.45, 2.75) is 0 Å². The number of halogens is 10. The third kappa shape index (κ3) is 3.51. The smallest absolute Gasteiger partial charge is 0.340 e. The largest absolute Gasteiger partial charge is 0.453 e. The van der Waals surface area contributed by atoms with Crippen molar-refractivity contribution in [1.82, 2.24) is 0 Å². The Morgan fingerprint density at radius 2 is 0.730 bits per heavy atom. The van der Waals surface area contributed by atoms with E-state index in [1.54, 1.807) is 0 Å². The summed E-state index contributed by atoms with van der Waals surface area (Å²) in [5, 5.41) is 0. The molecule has 0 aliphatic carbocycles. The summed E-state index contributed by atoms with van der Waals surface area (Å²) in [6.07, 6.45) is 0. The van der Waals surface area contributed by atoms with Gasteiger partial charge in [0, 0.05) is 10.9 Å². The molecule has 0 amide bonds. The van der Waals surface area contributed by atoms with Gasteiger partial charge in [0.15, 0.2) is 58.2 Å². The van der Waals surface area contributed by atoms with E-state index in [0.717, 1.165) is 0 Å². The van der Waals surface area contributed by atoms with Crippen molar-refractivity contribution in [1.29, 1.82) is 0 Å². The first-order chi connectivity index (χ1) is 17.6. The van der Waals surface area contributed by atoms with Crippen LogP contribution in [0.1, 0.15) is 0 Å². The van der Waals surface area contributed by atoms with Gasteiger partial charge in [0.25, 0.3) is 0 Å². The molecule has 188 valence electrons. The zero-order valence-electron chi connectivity index (χ0n) is 17.8. The van der Waals surface area contributed by atoms with E-state index in [0.29, 0.717) is 4.81 Å². The van der Waals surface area contributed by atoms with Crippen molar-refractivity contribution in [3.63, 3.8) is 0 Å². The molecule has 37 heavy (non-hydrogen) atoms. The normalized spacial score (nSPS) is 12.2. The van der Waals surface area contributed by atoms with Crippen LogP contribution in [-0.2, 0) is 0 Å². The quantitative estimate of drug-likeness (QED) is 0.138. The lowest BCUT2D eigenvalue weighted by atomic mass is 9.47. The topological polar surface area (TPSA) is 12.5 Å². The van der Waals surface area contributed by atoms with E-state index in [1.165, 1.54) is 48.5 Å². The minimum atomic E-state index is -2.79. The molecule has 1 aliphatic heterocycles. The van der Waals surface area contributed by atoms with Crippen LogP contribution < -0.4 is 20.5 Å². The minimum Gasteiger partial charge on any atom is -0.453 e. The molecule has 5 rings (SSSR count).